The Morgan fingerprint density at radius 1 is 1.06 bits per heavy atom. The van der Waals surface area contributed by atoms with Crippen LogP contribution in [-0.4, -0.2) is 19.2 Å². The lowest BCUT2D eigenvalue weighted by Gasteiger charge is -2.09. The highest BCUT2D eigenvalue weighted by molar-refractivity contribution is 5.76. The molecule has 0 atom stereocenters. The molecule has 0 saturated heterocycles. The maximum Gasteiger partial charge on any atom is 0.235 e. The summed E-state index contributed by atoms with van der Waals surface area (Å²) in [6.07, 6.45) is 0. The van der Waals surface area contributed by atoms with Gasteiger partial charge in [-0.1, -0.05) is 0 Å². The molecule has 0 aliphatic heterocycles. The summed E-state index contributed by atoms with van der Waals surface area (Å²) in [6, 6.07) is 3.86. The lowest BCUT2D eigenvalue weighted by Crippen LogP contribution is -2.34. The van der Waals surface area contributed by atoms with Gasteiger partial charge in [-0.25, -0.2) is 4.98 Å². The molecule has 0 fully saturated rings. The lowest BCUT2D eigenvalue weighted by atomic mass is 10.2. The van der Waals surface area contributed by atoms with Gasteiger partial charge < -0.3 is 9.47 Å². The van der Waals surface area contributed by atoms with Gasteiger partial charge in [-0.15, -0.1) is 0 Å². The molecule has 0 aliphatic rings. The molecule has 4 heteroatoms. The molecule has 2 rings (SSSR count). The molecule has 0 radical (unpaired) electrons. The first-order valence-electron chi connectivity index (χ1n) is 5.47. The fraction of sp³-hybridized carbons (Fsp3) is 0.385. The molecule has 0 N–H and O–H groups in total. The Morgan fingerprint density at radius 3 is 2.24 bits per heavy atom. The van der Waals surface area contributed by atoms with Gasteiger partial charge in [-0.2, -0.15) is 4.57 Å². The van der Waals surface area contributed by atoms with Crippen molar-refractivity contribution < 1.29 is 14.0 Å². The summed E-state index contributed by atoms with van der Waals surface area (Å²) in [5.41, 5.74) is 4.11. The van der Waals surface area contributed by atoms with Crippen molar-refractivity contribution in [2.24, 2.45) is 7.05 Å². The molecule has 90 valence electrons. The number of hydrogen-bond donors (Lipinski definition) is 0. The highest BCUT2D eigenvalue weighted by Gasteiger charge is 2.17. The minimum atomic E-state index is 0.704. The number of fused-ring (bicyclic) bond motifs is 1. The van der Waals surface area contributed by atoms with Crippen LogP contribution in [-0.2, 0) is 7.05 Å². The number of aryl methyl sites for hydroxylation is 2. The molecule has 0 bridgehead atoms. The zero-order chi connectivity index (χ0) is 12.6. The van der Waals surface area contributed by atoms with Crippen molar-refractivity contribution in [1.82, 2.24) is 4.98 Å². The summed E-state index contributed by atoms with van der Waals surface area (Å²) in [4.78, 5) is 4.56. The van der Waals surface area contributed by atoms with E-state index in [-0.39, 0.29) is 0 Å². The van der Waals surface area contributed by atoms with E-state index in [0.29, 0.717) is 5.75 Å². The molecule has 0 unspecified atom stereocenters. The van der Waals surface area contributed by atoms with Crippen LogP contribution in [0.2, 0.25) is 0 Å². The van der Waals surface area contributed by atoms with E-state index < -0.39 is 0 Å². The molecule has 17 heavy (non-hydrogen) atoms. The average Bonchev–Trinajstić information content (AvgIpc) is 2.34. The molecule has 1 aromatic heterocycles. The maximum absolute atomic E-state index is 5.30. The first-order chi connectivity index (χ1) is 8.08. The second kappa shape index (κ2) is 4.20. The predicted octanol–water partition coefficient (Wildman–Crippen LogP) is 1.69. The predicted molar refractivity (Wildman–Crippen MR) is 65.5 cm³/mol. The summed E-state index contributed by atoms with van der Waals surface area (Å²) in [6.45, 7) is 4.06. The van der Waals surface area contributed by atoms with Gasteiger partial charge in [0.2, 0.25) is 5.52 Å². The van der Waals surface area contributed by atoms with E-state index in [1.54, 1.807) is 14.2 Å². The van der Waals surface area contributed by atoms with Crippen molar-refractivity contribution >= 4 is 11.0 Å². The number of hydrogen-bond acceptors (Lipinski definition) is 3. The van der Waals surface area contributed by atoms with E-state index in [1.165, 1.54) is 0 Å². The average molecular weight is 233 g/mol. The third-order valence-electron chi connectivity index (χ3n) is 3.16. The van der Waals surface area contributed by atoms with Gasteiger partial charge in [-0.3, -0.25) is 0 Å². The molecule has 4 nitrogen and oxygen atoms in total. The number of benzene rings is 1. The first-order valence-corrected chi connectivity index (χ1v) is 5.47. The van der Waals surface area contributed by atoms with Crippen molar-refractivity contribution in [2.75, 3.05) is 14.2 Å². The minimum Gasteiger partial charge on any atom is -0.493 e. The van der Waals surface area contributed by atoms with Gasteiger partial charge in [0.05, 0.1) is 20.3 Å². The van der Waals surface area contributed by atoms with Gasteiger partial charge in [0.1, 0.15) is 18.3 Å². The quantitative estimate of drug-likeness (QED) is 0.740. The van der Waals surface area contributed by atoms with Crippen LogP contribution in [0.25, 0.3) is 11.0 Å². The fourth-order valence-corrected chi connectivity index (χ4v) is 1.90. The third kappa shape index (κ3) is 1.79. The zero-order valence-corrected chi connectivity index (χ0v) is 10.9. The summed E-state index contributed by atoms with van der Waals surface area (Å²) in [5, 5.41) is 0. The van der Waals surface area contributed by atoms with Crippen LogP contribution in [0.15, 0.2) is 12.1 Å². The van der Waals surface area contributed by atoms with E-state index in [0.717, 1.165) is 28.2 Å². The molecule has 0 spiro atoms. The number of nitrogens with zero attached hydrogens (tertiary/aromatic N) is 2. The number of aromatic nitrogens is 2. The van der Waals surface area contributed by atoms with E-state index in [2.05, 4.69) is 16.5 Å². The Labute approximate surface area is 101 Å². The number of ether oxygens (including phenoxy) is 2. The van der Waals surface area contributed by atoms with Crippen molar-refractivity contribution in [1.29, 1.82) is 0 Å². The Hall–Kier alpha value is -1.84. The van der Waals surface area contributed by atoms with Crippen molar-refractivity contribution in [3.63, 3.8) is 0 Å². The number of methoxy groups -OCH3 is 2. The Kier molecular flexibility index (Phi) is 2.88. The van der Waals surface area contributed by atoms with Gasteiger partial charge in [0, 0.05) is 13.0 Å². The van der Waals surface area contributed by atoms with Crippen LogP contribution in [0.3, 0.4) is 0 Å². The van der Waals surface area contributed by atoms with E-state index in [4.69, 9.17) is 9.47 Å². The SMILES string of the molecule is COc1cc2nc(C)c(C)[n+](C)c2cc1OC. The molecular formula is C13H17N2O2+. The topological polar surface area (TPSA) is 35.2 Å². The molecule has 0 amide bonds. The summed E-state index contributed by atoms with van der Waals surface area (Å²) in [5.74, 6) is 1.43. The molecule has 0 aliphatic carbocycles. The Balaban J connectivity index is 2.83. The molecule has 0 saturated carbocycles. The highest BCUT2D eigenvalue weighted by Crippen LogP contribution is 2.30. The van der Waals surface area contributed by atoms with Crippen LogP contribution < -0.4 is 14.0 Å². The van der Waals surface area contributed by atoms with Crippen LogP contribution in [0.5, 0.6) is 11.5 Å². The smallest absolute Gasteiger partial charge is 0.235 e. The molecule has 1 aromatic carbocycles. The normalized spacial score (nSPS) is 10.6. The second-order valence-corrected chi connectivity index (χ2v) is 4.04. The second-order valence-electron chi connectivity index (χ2n) is 4.04. The van der Waals surface area contributed by atoms with E-state index in [9.17, 15) is 0 Å². The van der Waals surface area contributed by atoms with E-state index in [1.807, 2.05) is 26.1 Å². The van der Waals surface area contributed by atoms with Crippen LogP contribution in [0.1, 0.15) is 11.4 Å². The summed E-state index contributed by atoms with van der Waals surface area (Å²) in [7, 11) is 5.29. The summed E-state index contributed by atoms with van der Waals surface area (Å²) < 4.78 is 12.7. The Morgan fingerprint density at radius 2 is 1.65 bits per heavy atom. The van der Waals surface area contributed by atoms with Crippen molar-refractivity contribution in [3.8, 4) is 11.5 Å². The zero-order valence-electron chi connectivity index (χ0n) is 10.9. The van der Waals surface area contributed by atoms with Gasteiger partial charge in [-0.05, 0) is 6.92 Å². The molecule has 1 heterocycles. The molecular weight excluding hydrogens is 216 g/mol. The fourth-order valence-electron chi connectivity index (χ4n) is 1.90. The first kappa shape index (κ1) is 11.6. The number of rotatable bonds is 2. The van der Waals surface area contributed by atoms with Gasteiger partial charge >= 0.3 is 0 Å². The molecule has 2 aromatic rings. The third-order valence-corrected chi connectivity index (χ3v) is 3.16. The van der Waals surface area contributed by atoms with Crippen LogP contribution in [0, 0.1) is 13.8 Å². The Bertz CT molecular complexity index is 579. The minimum absolute atomic E-state index is 0.704. The standard InChI is InChI=1S/C13H17N2O2/c1-8-9(2)15(3)11-7-13(17-5)12(16-4)6-10(11)14-8/h6-7H,1-5H3/q+1. The van der Waals surface area contributed by atoms with Crippen molar-refractivity contribution in [3.05, 3.63) is 23.5 Å². The van der Waals surface area contributed by atoms with Crippen LogP contribution in [0.4, 0.5) is 0 Å². The maximum atomic E-state index is 5.30. The highest BCUT2D eigenvalue weighted by atomic mass is 16.5. The van der Waals surface area contributed by atoms with Crippen molar-refractivity contribution in [2.45, 2.75) is 13.8 Å². The van der Waals surface area contributed by atoms with Gasteiger partial charge in [0.25, 0.3) is 0 Å². The summed E-state index contributed by atoms with van der Waals surface area (Å²) >= 11 is 0. The van der Waals surface area contributed by atoms with Gasteiger partial charge in [0.15, 0.2) is 17.2 Å². The van der Waals surface area contributed by atoms with E-state index >= 15 is 0 Å². The largest absolute Gasteiger partial charge is 0.493 e. The monoisotopic (exact) mass is 233 g/mol. The van der Waals surface area contributed by atoms with Crippen LogP contribution >= 0.6 is 0 Å². The lowest BCUT2D eigenvalue weighted by molar-refractivity contribution is -0.652.